The number of hydrogen-bond donors (Lipinski definition) is 0. The fourth-order valence-electron chi connectivity index (χ4n) is 0.585. The summed E-state index contributed by atoms with van der Waals surface area (Å²) in [6.07, 6.45) is 5.40. The minimum absolute atomic E-state index is 0.833. The molecule has 1 aliphatic rings. The Hall–Kier alpha value is -0.660. The van der Waals surface area contributed by atoms with Crippen molar-refractivity contribution in [2.24, 2.45) is 0 Å². The summed E-state index contributed by atoms with van der Waals surface area (Å²) >= 11 is 0. The molecule has 0 saturated heterocycles. The van der Waals surface area contributed by atoms with Gasteiger partial charge in [-0.3, -0.25) is 0 Å². The van der Waals surface area contributed by atoms with Gasteiger partial charge < -0.3 is 9.47 Å². The van der Waals surface area contributed by atoms with Gasteiger partial charge in [-0.2, -0.15) is 0 Å². The second-order valence-electron chi connectivity index (χ2n) is 1.72. The normalized spacial score (nSPS) is 24.0. The third-order valence-corrected chi connectivity index (χ3v) is 1.02. The Morgan fingerprint density at radius 2 is 1.38 bits per heavy atom. The molecule has 0 amide bonds. The molecule has 0 N–H and O–H groups in total. The van der Waals surface area contributed by atoms with Gasteiger partial charge in [0.2, 0.25) is 0 Å². The molecule has 8 heavy (non-hydrogen) atoms. The topological polar surface area (TPSA) is 18.5 Å². The molecule has 1 rings (SSSR count). The van der Waals surface area contributed by atoms with Gasteiger partial charge in [0.15, 0.2) is 0 Å². The lowest BCUT2D eigenvalue weighted by molar-refractivity contribution is 0.164. The zero-order valence-corrected chi connectivity index (χ0v) is 4.80. The van der Waals surface area contributed by atoms with Crippen molar-refractivity contribution in [3.05, 3.63) is 12.5 Å². The lowest BCUT2D eigenvalue weighted by Crippen LogP contribution is -1.96. The Bertz CT molecular complexity index is 68.6. The van der Waals surface area contributed by atoms with E-state index in [-0.39, 0.29) is 0 Å². The van der Waals surface area contributed by atoms with Crippen molar-refractivity contribution in [2.45, 2.75) is 12.8 Å². The van der Waals surface area contributed by atoms with Gasteiger partial charge in [-0.15, -0.1) is 0 Å². The summed E-state index contributed by atoms with van der Waals surface area (Å²) in [5, 5.41) is 0. The Labute approximate surface area is 49.1 Å². The summed E-state index contributed by atoms with van der Waals surface area (Å²) in [7, 11) is 0. The fraction of sp³-hybridized carbons (Fsp3) is 0.667. The van der Waals surface area contributed by atoms with Crippen molar-refractivity contribution in [3.8, 4) is 0 Å². The molecule has 0 saturated carbocycles. The fourth-order valence-corrected chi connectivity index (χ4v) is 0.585. The van der Waals surface area contributed by atoms with Crippen molar-refractivity contribution in [3.63, 3.8) is 0 Å². The van der Waals surface area contributed by atoms with Gasteiger partial charge in [-0.25, -0.2) is 0 Å². The van der Waals surface area contributed by atoms with Gasteiger partial charge in [0, 0.05) is 0 Å². The number of hydrogen-bond acceptors (Lipinski definition) is 2. The van der Waals surface area contributed by atoms with Crippen LogP contribution >= 0.6 is 0 Å². The number of ether oxygens (including phenoxy) is 2. The third-order valence-electron chi connectivity index (χ3n) is 1.02. The van der Waals surface area contributed by atoms with Crippen LogP contribution in [0.5, 0.6) is 0 Å². The molecule has 2 nitrogen and oxygen atoms in total. The van der Waals surface area contributed by atoms with Gasteiger partial charge in [-0.05, 0) is 12.8 Å². The molecule has 1 aliphatic heterocycles. The molecule has 0 aromatic heterocycles. The van der Waals surface area contributed by atoms with Crippen LogP contribution in [-0.2, 0) is 9.47 Å². The van der Waals surface area contributed by atoms with Crippen LogP contribution in [0.1, 0.15) is 12.8 Å². The molecular weight excluding hydrogens is 104 g/mol. The summed E-state index contributed by atoms with van der Waals surface area (Å²) in [4.78, 5) is 0. The predicted octanol–water partition coefficient (Wildman–Crippen LogP) is 1.28. The molecule has 46 valence electrons. The van der Waals surface area contributed by atoms with Crippen molar-refractivity contribution < 1.29 is 9.47 Å². The average Bonchev–Trinajstić information content (AvgIpc) is 1.62. The van der Waals surface area contributed by atoms with E-state index in [0.717, 1.165) is 26.1 Å². The van der Waals surface area contributed by atoms with E-state index in [1.165, 1.54) is 0 Å². The minimum atomic E-state index is 0.833. The lowest BCUT2D eigenvalue weighted by Gasteiger charge is -2.04. The summed E-state index contributed by atoms with van der Waals surface area (Å²) in [5.41, 5.74) is 0. The molecule has 0 spiro atoms. The van der Waals surface area contributed by atoms with Crippen molar-refractivity contribution in [2.75, 3.05) is 13.2 Å². The van der Waals surface area contributed by atoms with Gasteiger partial charge in [0.1, 0.15) is 12.5 Å². The van der Waals surface area contributed by atoms with E-state index in [2.05, 4.69) is 0 Å². The lowest BCUT2D eigenvalue weighted by atomic mass is 10.3. The molecule has 0 fully saturated rings. The molecule has 0 aliphatic carbocycles. The van der Waals surface area contributed by atoms with Gasteiger partial charge in [0.25, 0.3) is 0 Å². The highest BCUT2D eigenvalue weighted by Crippen LogP contribution is 1.95. The highest BCUT2D eigenvalue weighted by atomic mass is 16.5. The van der Waals surface area contributed by atoms with Crippen molar-refractivity contribution in [1.29, 1.82) is 0 Å². The van der Waals surface area contributed by atoms with E-state index in [1.54, 1.807) is 12.5 Å². The first kappa shape index (κ1) is 5.48. The van der Waals surface area contributed by atoms with Crippen molar-refractivity contribution in [1.82, 2.24) is 0 Å². The standard InChI is InChI=1S/C6H10O2/c1-2-4-8-6-5-7-3-1/h5-6H,1-4H2/b6-5-. The van der Waals surface area contributed by atoms with Crippen LogP contribution in [0.3, 0.4) is 0 Å². The van der Waals surface area contributed by atoms with Gasteiger partial charge in [-0.1, -0.05) is 0 Å². The summed E-state index contributed by atoms with van der Waals surface area (Å²) < 4.78 is 9.94. The highest BCUT2D eigenvalue weighted by Gasteiger charge is 1.89. The molecule has 0 radical (unpaired) electrons. The number of rotatable bonds is 0. The largest absolute Gasteiger partial charge is 0.498 e. The SMILES string of the molecule is C1=C\OCCCCO/1. The van der Waals surface area contributed by atoms with E-state index in [0.29, 0.717) is 0 Å². The minimum Gasteiger partial charge on any atom is -0.498 e. The van der Waals surface area contributed by atoms with Crippen LogP contribution in [0, 0.1) is 0 Å². The van der Waals surface area contributed by atoms with Gasteiger partial charge >= 0.3 is 0 Å². The van der Waals surface area contributed by atoms with E-state index in [4.69, 9.17) is 9.47 Å². The second kappa shape index (κ2) is 3.36. The first-order valence-electron chi connectivity index (χ1n) is 2.88. The second-order valence-corrected chi connectivity index (χ2v) is 1.72. The van der Waals surface area contributed by atoms with E-state index in [9.17, 15) is 0 Å². The van der Waals surface area contributed by atoms with E-state index in [1.807, 2.05) is 0 Å². The molecule has 2 heteroatoms. The first-order valence-corrected chi connectivity index (χ1v) is 2.88. The van der Waals surface area contributed by atoms with E-state index < -0.39 is 0 Å². The predicted molar refractivity (Wildman–Crippen MR) is 30.3 cm³/mol. The Balaban J connectivity index is 2.17. The Kier molecular flexibility index (Phi) is 2.30. The smallest absolute Gasteiger partial charge is 0.117 e. The summed E-state index contributed by atoms with van der Waals surface area (Å²) in [6, 6.07) is 0. The first-order chi connectivity index (χ1) is 4.00. The zero-order chi connectivity index (χ0) is 5.66. The summed E-state index contributed by atoms with van der Waals surface area (Å²) in [5.74, 6) is 0. The van der Waals surface area contributed by atoms with Crippen LogP contribution in [0.15, 0.2) is 12.5 Å². The Morgan fingerprint density at radius 1 is 0.875 bits per heavy atom. The van der Waals surface area contributed by atoms with Crippen LogP contribution in [0.25, 0.3) is 0 Å². The summed E-state index contributed by atoms with van der Waals surface area (Å²) in [6.45, 7) is 1.67. The maximum atomic E-state index is 4.97. The molecule has 1 heterocycles. The molecule has 0 bridgehead atoms. The van der Waals surface area contributed by atoms with Crippen molar-refractivity contribution >= 4 is 0 Å². The average molecular weight is 114 g/mol. The van der Waals surface area contributed by atoms with E-state index >= 15 is 0 Å². The van der Waals surface area contributed by atoms with Crippen LogP contribution < -0.4 is 0 Å². The van der Waals surface area contributed by atoms with Crippen LogP contribution in [0.2, 0.25) is 0 Å². The molecule has 0 unspecified atom stereocenters. The quantitative estimate of drug-likeness (QED) is 0.472. The maximum Gasteiger partial charge on any atom is 0.117 e. The molecule has 0 aromatic carbocycles. The third kappa shape index (κ3) is 1.87. The molecule has 0 aromatic rings. The van der Waals surface area contributed by atoms with Gasteiger partial charge in [0.05, 0.1) is 13.2 Å². The maximum absolute atomic E-state index is 4.97. The van der Waals surface area contributed by atoms with Crippen LogP contribution in [0.4, 0.5) is 0 Å². The highest BCUT2D eigenvalue weighted by molar-refractivity contribution is 4.62. The Morgan fingerprint density at radius 3 is 1.88 bits per heavy atom. The monoisotopic (exact) mass is 114 g/mol. The van der Waals surface area contributed by atoms with Crippen LogP contribution in [-0.4, -0.2) is 13.2 Å². The molecular formula is C6H10O2. The zero-order valence-electron chi connectivity index (χ0n) is 4.80. The molecule has 0 atom stereocenters.